The minimum atomic E-state index is -3.16. The number of halogens is 1. The molecule has 3 fully saturated rings. The summed E-state index contributed by atoms with van der Waals surface area (Å²) in [5.74, 6) is -0.643. The van der Waals surface area contributed by atoms with Crippen molar-refractivity contribution in [1.29, 1.82) is 0 Å². The number of amides is 1. The van der Waals surface area contributed by atoms with Crippen LogP contribution in [0.2, 0.25) is 0 Å². The van der Waals surface area contributed by atoms with Gasteiger partial charge in [-0.15, -0.1) is 0 Å². The normalized spacial score (nSPS) is 29.9. The molecule has 4 rings (SSSR count). The van der Waals surface area contributed by atoms with Gasteiger partial charge in [0.15, 0.2) is 15.0 Å². The fourth-order valence-electron chi connectivity index (χ4n) is 4.03. The van der Waals surface area contributed by atoms with Gasteiger partial charge in [0.25, 0.3) is 5.91 Å². The highest BCUT2D eigenvalue weighted by atomic mass is 32.2. The number of anilines is 1. The molecule has 26 heavy (non-hydrogen) atoms. The maximum absolute atomic E-state index is 14.4. The van der Waals surface area contributed by atoms with Crippen LogP contribution in [-0.4, -0.2) is 42.3 Å². The van der Waals surface area contributed by atoms with Gasteiger partial charge in [0, 0.05) is 11.2 Å². The van der Waals surface area contributed by atoms with Gasteiger partial charge >= 0.3 is 0 Å². The maximum atomic E-state index is 14.4. The Labute approximate surface area is 157 Å². The molecule has 1 aliphatic carbocycles. The largest absolute Gasteiger partial charge is 0.313 e. The first-order valence-corrected chi connectivity index (χ1v) is 11.7. The zero-order valence-electron chi connectivity index (χ0n) is 14.3. The quantitative estimate of drug-likeness (QED) is 0.769. The molecule has 5 nitrogen and oxygen atoms in total. The van der Waals surface area contributed by atoms with Crippen LogP contribution in [0.1, 0.15) is 32.1 Å². The molecule has 0 radical (unpaired) electrons. The van der Waals surface area contributed by atoms with Gasteiger partial charge < -0.3 is 4.90 Å². The van der Waals surface area contributed by atoms with Gasteiger partial charge in [0.1, 0.15) is 5.82 Å². The summed E-state index contributed by atoms with van der Waals surface area (Å²) in [6, 6.07) is 5.89. The topological polar surface area (TPSA) is 66.8 Å². The van der Waals surface area contributed by atoms with Crippen molar-refractivity contribution in [3.05, 3.63) is 30.1 Å². The van der Waals surface area contributed by atoms with Gasteiger partial charge in [-0.3, -0.25) is 4.79 Å². The minimum Gasteiger partial charge on any atom is -0.313 e. The molecule has 2 atom stereocenters. The van der Waals surface area contributed by atoms with Crippen molar-refractivity contribution in [3.63, 3.8) is 0 Å². The van der Waals surface area contributed by atoms with Crippen molar-refractivity contribution in [2.24, 2.45) is 10.9 Å². The lowest BCUT2D eigenvalue weighted by molar-refractivity contribution is -0.122. The van der Waals surface area contributed by atoms with E-state index in [-0.39, 0.29) is 34.6 Å². The number of hydrogen-bond donors (Lipinski definition) is 0. The van der Waals surface area contributed by atoms with E-state index in [1.165, 1.54) is 17.8 Å². The minimum absolute atomic E-state index is 0.0321. The molecule has 1 aromatic carbocycles. The Balaban J connectivity index is 1.68. The Morgan fingerprint density at radius 1 is 1.15 bits per heavy atom. The van der Waals surface area contributed by atoms with E-state index in [4.69, 9.17) is 0 Å². The second kappa shape index (κ2) is 6.96. The molecule has 0 N–H and O–H groups in total. The predicted octanol–water partition coefficient (Wildman–Crippen LogP) is 3.01. The third-order valence-corrected chi connectivity index (χ3v) is 8.55. The van der Waals surface area contributed by atoms with Crippen LogP contribution in [0.3, 0.4) is 0 Å². The number of hydrogen-bond acceptors (Lipinski definition) is 4. The molecule has 1 amide bonds. The van der Waals surface area contributed by atoms with E-state index in [1.54, 1.807) is 23.1 Å². The third-order valence-electron chi connectivity index (χ3n) is 5.34. The van der Waals surface area contributed by atoms with E-state index >= 15 is 0 Å². The number of sulfone groups is 1. The molecule has 0 unspecified atom stereocenters. The van der Waals surface area contributed by atoms with E-state index in [1.807, 2.05) is 0 Å². The molecule has 0 spiro atoms. The number of para-hydroxylation sites is 1. The van der Waals surface area contributed by atoms with Crippen molar-refractivity contribution in [3.8, 4) is 0 Å². The van der Waals surface area contributed by atoms with E-state index < -0.39 is 15.7 Å². The summed E-state index contributed by atoms with van der Waals surface area (Å²) >= 11 is 1.30. The van der Waals surface area contributed by atoms with Crippen molar-refractivity contribution in [2.45, 2.75) is 43.4 Å². The molecule has 2 heterocycles. The van der Waals surface area contributed by atoms with Gasteiger partial charge in [-0.05, 0) is 25.0 Å². The Morgan fingerprint density at radius 2 is 1.88 bits per heavy atom. The predicted molar refractivity (Wildman–Crippen MR) is 102 cm³/mol. The number of fused-ring (bicyclic) bond motifs is 1. The number of rotatable bonds is 2. The highest BCUT2D eigenvalue weighted by Crippen LogP contribution is 2.42. The van der Waals surface area contributed by atoms with Gasteiger partial charge in [-0.1, -0.05) is 43.2 Å². The summed E-state index contributed by atoms with van der Waals surface area (Å²) in [4.78, 5) is 18.6. The average Bonchev–Trinajstić information content (AvgIpc) is 3.07. The smallest absolute Gasteiger partial charge is 0.251 e. The van der Waals surface area contributed by atoms with Crippen LogP contribution in [0, 0.1) is 11.7 Å². The third kappa shape index (κ3) is 3.41. The van der Waals surface area contributed by atoms with E-state index in [0.29, 0.717) is 10.9 Å². The van der Waals surface area contributed by atoms with Crippen molar-refractivity contribution in [2.75, 3.05) is 16.4 Å². The van der Waals surface area contributed by atoms with Crippen LogP contribution in [0.25, 0.3) is 0 Å². The summed E-state index contributed by atoms with van der Waals surface area (Å²) in [5, 5.41) is 0.230. The molecule has 0 bridgehead atoms. The highest BCUT2D eigenvalue weighted by molar-refractivity contribution is 8.16. The molecule has 8 heteroatoms. The van der Waals surface area contributed by atoms with Crippen LogP contribution in [0.15, 0.2) is 29.3 Å². The Kier molecular flexibility index (Phi) is 4.81. The van der Waals surface area contributed by atoms with Crippen LogP contribution in [0.4, 0.5) is 10.1 Å². The van der Waals surface area contributed by atoms with Gasteiger partial charge in [-0.2, -0.15) is 4.99 Å². The van der Waals surface area contributed by atoms with Crippen molar-refractivity contribution >= 4 is 38.4 Å². The molecular weight excluding hydrogens is 375 g/mol. The molecule has 2 aliphatic heterocycles. The average molecular weight is 397 g/mol. The summed E-state index contributed by atoms with van der Waals surface area (Å²) in [7, 11) is -3.16. The number of amidine groups is 1. The zero-order chi connectivity index (χ0) is 18.3. The number of benzene rings is 1. The number of aliphatic imine (C=N–C) groups is 1. The number of carbonyl (C=O) groups excluding carboxylic acids is 1. The van der Waals surface area contributed by atoms with Gasteiger partial charge in [-0.25, -0.2) is 12.8 Å². The molecule has 140 valence electrons. The SMILES string of the molecule is O=C(N=C1S[C@H]2CS(=O)(=O)C[C@H]2N1c1ccccc1F)C1CCCCC1. The first kappa shape index (κ1) is 18.0. The first-order valence-electron chi connectivity index (χ1n) is 8.98. The number of thioether (sulfide) groups is 1. The van der Waals surface area contributed by atoms with Crippen LogP contribution in [0.5, 0.6) is 0 Å². The van der Waals surface area contributed by atoms with Gasteiger partial charge in [0.2, 0.25) is 0 Å². The summed E-state index contributed by atoms with van der Waals surface area (Å²) in [6.07, 6.45) is 4.92. The number of carbonyl (C=O) groups is 1. The van der Waals surface area contributed by atoms with E-state index in [2.05, 4.69) is 4.99 Å². The Morgan fingerprint density at radius 3 is 2.62 bits per heavy atom. The second-order valence-corrected chi connectivity index (χ2v) is 10.5. The lowest BCUT2D eigenvalue weighted by Crippen LogP contribution is -2.38. The fraction of sp³-hybridized carbons (Fsp3) is 0.556. The standard InChI is InChI=1S/C18H21FN2O3S2/c19-13-8-4-5-9-14(13)21-15-10-26(23,24)11-16(15)25-18(21)20-17(22)12-6-2-1-3-7-12/h4-5,8-9,12,15-16H,1-3,6-7,10-11H2/t15-,16+/m1/s1. The number of nitrogens with zero attached hydrogens (tertiary/aromatic N) is 2. The summed E-state index contributed by atoms with van der Waals surface area (Å²) in [5.41, 5.74) is 0.291. The Bertz CT molecular complexity index is 850. The van der Waals surface area contributed by atoms with Crippen molar-refractivity contribution in [1.82, 2.24) is 0 Å². The van der Waals surface area contributed by atoms with E-state index in [9.17, 15) is 17.6 Å². The van der Waals surface area contributed by atoms with Crippen LogP contribution >= 0.6 is 11.8 Å². The molecule has 2 saturated heterocycles. The second-order valence-electron chi connectivity index (χ2n) is 7.19. The van der Waals surface area contributed by atoms with E-state index in [0.717, 1.165) is 32.1 Å². The summed E-state index contributed by atoms with van der Waals surface area (Å²) < 4.78 is 38.5. The van der Waals surface area contributed by atoms with Gasteiger partial charge in [0.05, 0.1) is 23.2 Å². The molecule has 1 saturated carbocycles. The zero-order valence-corrected chi connectivity index (χ0v) is 15.9. The maximum Gasteiger partial charge on any atom is 0.251 e. The van der Waals surface area contributed by atoms with Crippen molar-refractivity contribution < 1.29 is 17.6 Å². The first-order chi connectivity index (χ1) is 12.4. The monoisotopic (exact) mass is 396 g/mol. The highest BCUT2D eigenvalue weighted by Gasteiger charge is 2.50. The molecular formula is C18H21FN2O3S2. The summed E-state index contributed by atoms with van der Waals surface area (Å²) in [6.45, 7) is 0. The molecule has 1 aromatic rings. The lowest BCUT2D eigenvalue weighted by Gasteiger charge is -2.25. The Hall–Kier alpha value is -1.41. The van der Waals surface area contributed by atoms with Crippen LogP contribution in [-0.2, 0) is 14.6 Å². The molecule has 3 aliphatic rings. The molecule has 0 aromatic heterocycles. The van der Waals surface area contributed by atoms with Crippen LogP contribution < -0.4 is 4.90 Å². The lowest BCUT2D eigenvalue weighted by atomic mass is 9.89. The fourth-order valence-corrected chi connectivity index (χ4v) is 7.94.